The third-order valence-electron chi connectivity index (χ3n) is 9.40. The highest BCUT2D eigenvalue weighted by Gasteiger charge is 2.44. The van der Waals surface area contributed by atoms with Gasteiger partial charge in [0.15, 0.2) is 0 Å². The number of aliphatic hydroxyl groups is 1. The standard InChI is InChI=1S/C33H63F2N5O7S2/c1-8-11-39(12-9-2)33(43)26-17-25(18-29(19-26)49(46,47)38(6)7)32(42)36-30(16-24-14-27(34)20-28(35)15-24)31(41)21-40(13-10-3)37-48(44,45)22-23(4)5/h23-31,37,41H,8-22H2,1-7H3,(H,36,42). The van der Waals surface area contributed by atoms with E-state index in [1.54, 1.807) is 18.7 Å². The number of amides is 2. The summed E-state index contributed by atoms with van der Waals surface area (Å²) in [6, 6.07) is -1.01. The third kappa shape index (κ3) is 13.9. The minimum atomic E-state index is -3.83. The van der Waals surface area contributed by atoms with Crippen molar-refractivity contribution >= 4 is 31.9 Å². The Kier molecular flexibility index (Phi) is 17.8. The zero-order valence-electron chi connectivity index (χ0n) is 30.6. The third-order valence-corrected chi connectivity index (χ3v) is 13.3. The lowest BCUT2D eigenvalue weighted by molar-refractivity contribution is -0.138. The second-order valence-electron chi connectivity index (χ2n) is 14.8. The molecule has 2 aliphatic carbocycles. The van der Waals surface area contributed by atoms with Gasteiger partial charge in [0.2, 0.25) is 31.9 Å². The summed E-state index contributed by atoms with van der Waals surface area (Å²) in [6.45, 7) is 10.4. The summed E-state index contributed by atoms with van der Waals surface area (Å²) in [5, 5.41) is 14.8. The number of sulfonamides is 2. The molecular weight excluding hydrogens is 681 g/mol. The highest BCUT2D eigenvalue weighted by atomic mass is 32.2. The molecule has 7 unspecified atom stereocenters. The zero-order valence-corrected chi connectivity index (χ0v) is 32.2. The molecule has 7 atom stereocenters. The van der Waals surface area contributed by atoms with Crippen LogP contribution < -0.4 is 10.1 Å². The molecular formula is C33H63F2N5O7S2. The normalized spacial score (nSPS) is 26.6. The van der Waals surface area contributed by atoms with Crippen molar-refractivity contribution in [2.24, 2.45) is 23.7 Å². The summed E-state index contributed by atoms with van der Waals surface area (Å²) in [4.78, 5) is 32.0. The van der Waals surface area contributed by atoms with Gasteiger partial charge in [0, 0.05) is 58.5 Å². The topological polar surface area (TPSA) is 156 Å². The molecule has 2 fully saturated rings. The molecule has 0 saturated heterocycles. The number of hydrazine groups is 1. The number of carbonyl (C=O) groups is 2. The van der Waals surface area contributed by atoms with Crippen molar-refractivity contribution in [3.63, 3.8) is 0 Å². The van der Waals surface area contributed by atoms with Crippen molar-refractivity contribution in [1.29, 1.82) is 0 Å². The van der Waals surface area contributed by atoms with Crippen LogP contribution in [-0.4, -0.2) is 124 Å². The summed E-state index contributed by atoms with van der Waals surface area (Å²) in [6.07, 6.45) is -1.91. The Balaban J connectivity index is 2.40. The Labute approximate surface area is 294 Å². The largest absolute Gasteiger partial charge is 0.390 e. The van der Waals surface area contributed by atoms with Gasteiger partial charge >= 0.3 is 0 Å². The fourth-order valence-electron chi connectivity index (χ4n) is 7.28. The van der Waals surface area contributed by atoms with Crippen LogP contribution in [0.25, 0.3) is 0 Å². The first-order chi connectivity index (χ1) is 22.8. The fraction of sp³-hybridized carbons (Fsp3) is 0.939. The predicted octanol–water partition coefficient (Wildman–Crippen LogP) is 3.23. The van der Waals surface area contributed by atoms with Crippen LogP contribution in [0.15, 0.2) is 0 Å². The summed E-state index contributed by atoms with van der Waals surface area (Å²) < 4.78 is 82.2. The lowest BCUT2D eigenvalue weighted by Crippen LogP contribution is -2.55. The van der Waals surface area contributed by atoms with E-state index in [-0.39, 0.29) is 75.6 Å². The molecule has 0 aromatic carbocycles. The van der Waals surface area contributed by atoms with Crippen molar-refractivity contribution in [2.45, 2.75) is 129 Å². The number of hydrogen-bond acceptors (Lipinski definition) is 8. The van der Waals surface area contributed by atoms with Crippen molar-refractivity contribution in [2.75, 3.05) is 46.0 Å². The van der Waals surface area contributed by atoms with Gasteiger partial charge in [-0.15, -0.1) is 4.83 Å². The van der Waals surface area contributed by atoms with Gasteiger partial charge in [-0.2, -0.15) is 0 Å². The summed E-state index contributed by atoms with van der Waals surface area (Å²) in [5.74, 6) is -3.10. The molecule has 288 valence electrons. The highest BCUT2D eigenvalue weighted by molar-refractivity contribution is 7.89. The Morgan fingerprint density at radius 3 is 1.90 bits per heavy atom. The molecule has 0 bridgehead atoms. The maximum Gasteiger partial charge on any atom is 0.225 e. The molecule has 0 heterocycles. The van der Waals surface area contributed by atoms with Crippen LogP contribution in [0.2, 0.25) is 0 Å². The molecule has 0 aromatic heterocycles. The molecule has 2 saturated carbocycles. The number of alkyl halides is 2. The number of halogens is 2. The summed E-state index contributed by atoms with van der Waals surface area (Å²) in [5.41, 5.74) is 0. The van der Waals surface area contributed by atoms with Crippen molar-refractivity contribution < 1.29 is 40.3 Å². The van der Waals surface area contributed by atoms with Gasteiger partial charge in [-0.05, 0) is 69.6 Å². The monoisotopic (exact) mass is 743 g/mol. The average Bonchev–Trinajstić information content (AvgIpc) is 2.98. The van der Waals surface area contributed by atoms with Crippen LogP contribution in [0.4, 0.5) is 8.78 Å². The first kappa shape index (κ1) is 43.7. The lowest BCUT2D eigenvalue weighted by Gasteiger charge is -2.38. The Morgan fingerprint density at radius 1 is 0.837 bits per heavy atom. The second kappa shape index (κ2) is 20.0. The summed E-state index contributed by atoms with van der Waals surface area (Å²) >= 11 is 0. The van der Waals surface area contributed by atoms with Crippen LogP contribution in [0.1, 0.15) is 98.8 Å². The van der Waals surface area contributed by atoms with Crippen LogP contribution in [0.3, 0.4) is 0 Å². The number of nitrogens with one attached hydrogen (secondary N) is 2. The van der Waals surface area contributed by atoms with Gasteiger partial charge in [0.1, 0.15) is 12.3 Å². The number of rotatable bonds is 20. The van der Waals surface area contributed by atoms with E-state index in [0.29, 0.717) is 19.5 Å². The first-order valence-electron chi connectivity index (χ1n) is 18.0. The Hall–Kier alpha value is -1.46. The fourth-order valence-corrected chi connectivity index (χ4v) is 10.3. The molecule has 0 spiro atoms. The van der Waals surface area contributed by atoms with Gasteiger partial charge in [0.05, 0.1) is 23.1 Å². The maximum absolute atomic E-state index is 14.4. The number of aliphatic hydroxyl groups excluding tert-OH is 1. The van der Waals surface area contributed by atoms with Crippen LogP contribution in [0, 0.1) is 23.7 Å². The van der Waals surface area contributed by atoms with Crippen LogP contribution >= 0.6 is 0 Å². The van der Waals surface area contributed by atoms with E-state index in [1.807, 2.05) is 20.8 Å². The Bertz CT molecular complexity index is 1240. The lowest BCUT2D eigenvalue weighted by atomic mass is 9.79. The maximum atomic E-state index is 14.4. The second-order valence-corrected chi connectivity index (χ2v) is 18.9. The van der Waals surface area contributed by atoms with Crippen molar-refractivity contribution in [3.8, 4) is 0 Å². The molecule has 0 aromatic rings. The van der Waals surface area contributed by atoms with Crippen molar-refractivity contribution in [3.05, 3.63) is 0 Å². The minimum Gasteiger partial charge on any atom is -0.390 e. The van der Waals surface area contributed by atoms with E-state index >= 15 is 0 Å². The van der Waals surface area contributed by atoms with Gasteiger partial charge in [-0.3, -0.25) is 9.59 Å². The molecule has 3 N–H and O–H groups in total. The van der Waals surface area contributed by atoms with E-state index in [0.717, 1.165) is 17.1 Å². The minimum absolute atomic E-state index is 0.0278. The summed E-state index contributed by atoms with van der Waals surface area (Å²) in [7, 11) is -4.73. The molecule has 16 heteroatoms. The van der Waals surface area contributed by atoms with Crippen molar-refractivity contribution in [1.82, 2.24) is 24.4 Å². The SMILES string of the molecule is CCCN(CC(O)C(CC1CC(F)CC(F)C1)NC(=O)C1CC(C(=O)N(CCC)CCC)CC(S(=O)(=O)N(C)C)C1)NS(=O)(=O)CC(C)C. The van der Waals surface area contributed by atoms with E-state index in [2.05, 4.69) is 10.1 Å². The highest BCUT2D eigenvalue weighted by Crippen LogP contribution is 2.36. The van der Waals surface area contributed by atoms with Gasteiger partial charge in [0.25, 0.3) is 0 Å². The zero-order chi connectivity index (χ0) is 37.1. The van der Waals surface area contributed by atoms with E-state index in [4.69, 9.17) is 0 Å². The van der Waals surface area contributed by atoms with Crippen LogP contribution in [0.5, 0.6) is 0 Å². The van der Waals surface area contributed by atoms with Gasteiger partial charge in [-0.25, -0.2) is 34.9 Å². The molecule has 2 rings (SSSR count). The Morgan fingerprint density at radius 2 is 1.39 bits per heavy atom. The molecule has 0 aliphatic heterocycles. The van der Waals surface area contributed by atoms with E-state index in [9.17, 15) is 40.3 Å². The number of carbonyl (C=O) groups excluding carboxylic acids is 2. The van der Waals surface area contributed by atoms with Gasteiger partial charge < -0.3 is 15.3 Å². The average molecular weight is 744 g/mol. The number of hydrogen-bond donors (Lipinski definition) is 3. The molecule has 2 amide bonds. The molecule has 49 heavy (non-hydrogen) atoms. The smallest absolute Gasteiger partial charge is 0.225 e. The first-order valence-corrected chi connectivity index (χ1v) is 21.2. The van der Waals surface area contributed by atoms with E-state index in [1.165, 1.54) is 19.1 Å². The number of nitrogens with zero attached hydrogens (tertiary/aromatic N) is 3. The van der Waals surface area contributed by atoms with Crippen LogP contribution in [-0.2, 0) is 29.6 Å². The quantitative estimate of drug-likeness (QED) is 0.161. The van der Waals surface area contributed by atoms with E-state index < -0.39 is 73.4 Å². The molecule has 2 aliphatic rings. The predicted molar refractivity (Wildman–Crippen MR) is 188 cm³/mol. The molecule has 12 nitrogen and oxygen atoms in total. The van der Waals surface area contributed by atoms with Gasteiger partial charge in [-0.1, -0.05) is 34.6 Å². The molecule has 0 radical (unpaired) electrons.